The second-order valence-corrected chi connectivity index (χ2v) is 4.23. The number of benzene rings is 1. The standard InChI is InChI=1S/C12H11FN2O2/c13-7-1-2-10-9(5-7)8-3-4-15(12(16)17)6-11(8)14-10/h1-2,5,14H,3-4,6H2,(H,16,17). The fourth-order valence-corrected chi connectivity index (χ4v) is 2.38. The maximum atomic E-state index is 13.2. The van der Waals surface area contributed by atoms with Crippen LogP contribution in [0.15, 0.2) is 18.2 Å². The van der Waals surface area contributed by atoms with Crippen LogP contribution in [-0.2, 0) is 13.0 Å². The lowest BCUT2D eigenvalue weighted by Gasteiger charge is -2.24. The van der Waals surface area contributed by atoms with Gasteiger partial charge >= 0.3 is 6.09 Å². The molecule has 2 N–H and O–H groups in total. The van der Waals surface area contributed by atoms with E-state index >= 15 is 0 Å². The summed E-state index contributed by atoms with van der Waals surface area (Å²) in [6, 6.07) is 4.59. The third-order valence-electron chi connectivity index (χ3n) is 3.21. The van der Waals surface area contributed by atoms with Crippen LogP contribution >= 0.6 is 0 Å². The van der Waals surface area contributed by atoms with Gasteiger partial charge in [0.25, 0.3) is 0 Å². The number of nitrogens with one attached hydrogen (secondary N) is 1. The van der Waals surface area contributed by atoms with E-state index < -0.39 is 6.09 Å². The van der Waals surface area contributed by atoms with Crippen LogP contribution in [0.4, 0.5) is 9.18 Å². The topological polar surface area (TPSA) is 56.3 Å². The van der Waals surface area contributed by atoms with Crippen LogP contribution in [0.25, 0.3) is 10.9 Å². The summed E-state index contributed by atoms with van der Waals surface area (Å²) < 4.78 is 13.2. The van der Waals surface area contributed by atoms with E-state index in [0.717, 1.165) is 22.2 Å². The van der Waals surface area contributed by atoms with Gasteiger partial charge in [0.2, 0.25) is 0 Å². The molecule has 88 valence electrons. The van der Waals surface area contributed by atoms with Gasteiger partial charge in [-0.05, 0) is 30.2 Å². The molecule has 4 nitrogen and oxygen atoms in total. The van der Waals surface area contributed by atoms with Crippen LogP contribution in [0.3, 0.4) is 0 Å². The Hall–Kier alpha value is -2.04. The van der Waals surface area contributed by atoms with Gasteiger partial charge in [0.1, 0.15) is 5.82 Å². The van der Waals surface area contributed by atoms with Crippen LogP contribution in [0, 0.1) is 5.82 Å². The zero-order valence-corrected chi connectivity index (χ0v) is 9.03. The Bertz CT molecular complexity index is 606. The number of carboxylic acid groups (broad SMARTS) is 1. The summed E-state index contributed by atoms with van der Waals surface area (Å²) in [5, 5.41) is 9.80. The van der Waals surface area contributed by atoms with Crippen molar-refractivity contribution in [1.82, 2.24) is 9.88 Å². The van der Waals surface area contributed by atoms with E-state index in [9.17, 15) is 9.18 Å². The number of fused-ring (bicyclic) bond motifs is 3. The van der Waals surface area contributed by atoms with Crippen molar-refractivity contribution < 1.29 is 14.3 Å². The van der Waals surface area contributed by atoms with E-state index in [0.29, 0.717) is 19.5 Å². The van der Waals surface area contributed by atoms with Gasteiger partial charge in [-0.2, -0.15) is 0 Å². The van der Waals surface area contributed by atoms with Crippen LogP contribution in [0.2, 0.25) is 0 Å². The molecule has 0 spiro atoms. The van der Waals surface area contributed by atoms with Crippen molar-refractivity contribution in [2.24, 2.45) is 0 Å². The highest BCUT2D eigenvalue weighted by molar-refractivity contribution is 5.85. The molecule has 3 rings (SSSR count). The third kappa shape index (κ3) is 1.54. The summed E-state index contributed by atoms with van der Waals surface area (Å²) in [7, 11) is 0. The van der Waals surface area contributed by atoms with E-state index in [-0.39, 0.29) is 5.82 Å². The number of H-pyrrole nitrogens is 1. The zero-order chi connectivity index (χ0) is 12.0. The minimum Gasteiger partial charge on any atom is -0.465 e. The van der Waals surface area contributed by atoms with Crippen LogP contribution in [-0.4, -0.2) is 27.6 Å². The number of carbonyl (C=O) groups is 1. The van der Waals surface area contributed by atoms with Crippen molar-refractivity contribution in [2.75, 3.05) is 6.54 Å². The lowest BCUT2D eigenvalue weighted by molar-refractivity contribution is 0.139. The Morgan fingerprint density at radius 2 is 2.29 bits per heavy atom. The van der Waals surface area contributed by atoms with Crippen LogP contribution in [0.5, 0.6) is 0 Å². The van der Waals surface area contributed by atoms with Crippen molar-refractivity contribution in [3.05, 3.63) is 35.3 Å². The summed E-state index contributed by atoms with van der Waals surface area (Å²) in [4.78, 5) is 15.4. The van der Waals surface area contributed by atoms with E-state index in [4.69, 9.17) is 5.11 Å². The predicted octanol–water partition coefficient (Wildman–Crippen LogP) is 2.34. The lowest BCUT2D eigenvalue weighted by atomic mass is 10.0. The first kappa shape index (κ1) is 10.1. The predicted molar refractivity (Wildman–Crippen MR) is 60.4 cm³/mol. The quantitative estimate of drug-likeness (QED) is 0.735. The number of rotatable bonds is 0. The molecule has 1 aliphatic heterocycles. The van der Waals surface area contributed by atoms with Crippen molar-refractivity contribution in [3.8, 4) is 0 Å². The molecule has 0 radical (unpaired) electrons. The van der Waals surface area contributed by atoms with Gasteiger partial charge in [0.15, 0.2) is 0 Å². The second-order valence-electron chi connectivity index (χ2n) is 4.23. The van der Waals surface area contributed by atoms with Gasteiger partial charge in [0, 0.05) is 23.1 Å². The third-order valence-corrected chi connectivity index (χ3v) is 3.21. The average molecular weight is 234 g/mol. The number of amides is 1. The molecule has 17 heavy (non-hydrogen) atoms. The molecule has 0 saturated carbocycles. The number of aromatic nitrogens is 1. The molecular formula is C12H11FN2O2. The number of nitrogens with zero attached hydrogens (tertiary/aromatic N) is 1. The Kier molecular flexibility index (Phi) is 2.07. The normalized spacial score (nSPS) is 15.0. The summed E-state index contributed by atoms with van der Waals surface area (Å²) >= 11 is 0. The maximum absolute atomic E-state index is 13.2. The fourth-order valence-electron chi connectivity index (χ4n) is 2.38. The highest BCUT2D eigenvalue weighted by Gasteiger charge is 2.23. The molecule has 0 fully saturated rings. The molecule has 1 amide bonds. The minimum absolute atomic E-state index is 0.264. The van der Waals surface area contributed by atoms with Crippen molar-refractivity contribution in [1.29, 1.82) is 0 Å². The van der Waals surface area contributed by atoms with Crippen LogP contribution < -0.4 is 0 Å². The molecule has 1 aromatic heterocycles. The van der Waals surface area contributed by atoms with Gasteiger partial charge in [-0.1, -0.05) is 0 Å². The molecule has 0 bridgehead atoms. The monoisotopic (exact) mass is 234 g/mol. The summed E-state index contributed by atoms with van der Waals surface area (Å²) in [6.45, 7) is 0.812. The molecule has 0 aliphatic carbocycles. The Morgan fingerprint density at radius 3 is 3.06 bits per heavy atom. The lowest BCUT2D eigenvalue weighted by Crippen LogP contribution is -2.34. The van der Waals surface area contributed by atoms with E-state index in [2.05, 4.69) is 4.98 Å². The molecule has 2 aromatic rings. The highest BCUT2D eigenvalue weighted by Crippen LogP contribution is 2.28. The molecule has 5 heteroatoms. The average Bonchev–Trinajstić information content (AvgIpc) is 2.66. The van der Waals surface area contributed by atoms with E-state index in [1.54, 1.807) is 6.07 Å². The smallest absolute Gasteiger partial charge is 0.407 e. The van der Waals surface area contributed by atoms with Gasteiger partial charge in [-0.25, -0.2) is 9.18 Å². The van der Waals surface area contributed by atoms with Gasteiger partial charge < -0.3 is 15.0 Å². The Morgan fingerprint density at radius 1 is 1.47 bits per heavy atom. The zero-order valence-electron chi connectivity index (χ0n) is 9.03. The first-order chi connectivity index (χ1) is 8.15. The van der Waals surface area contributed by atoms with Gasteiger partial charge in [-0.3, -0.25) is 0 Å². The van der Waals surface area contributed by atoms with Crippen molar-refractivity contribution in [2.45, 2.75) is 13.0 Å². The Labute approximate surface area is 96.7 Å². The first-order valence-electron chi connectivity index (χ1n) is 5.42. The molecule has 0 atom stereocenters. The van der Waals surface area contributed by atoms with Crippen LogP contribution in [0.1, 0.15) is 11.3 Å². The number of hydrogen-bond donors (Lipinski definition) is 2. The van der Waals surface area contributed by atoms with Gasteiger partial charge in [-0.15, -0.1) is 0 Å². The maximum Gasteiger partial charge on any atom is 0.407 e. The molecule has 0 unspecified atom stereocenters. The minimum atomic E-state index is -0.916. The van der Waals surface area contributed by atoms with Gasteiger partial charge in [0.05, 0.1) is 6.54 Å². The summed E-state index contributed by atoms with van der Waals surface area (Å²) in [5.74, 6) is -0.264. The largest absolute Gasteiger partial charge is 0.465 e. The summed E-state index contributed by atoms with van der Waals surface area (Å²) in [5.41, 5.74) is 2.78. The molecule has 1 aliphatic rings. The first-order valence-corrected chi connectivity index (χ1v) is 5.42. The fraction of sp³-hybridized carbons (Fsp3) is 0.250. The van der Waals surface area contributed by atoms with E-state index in [1.807, 2.05) is 0 Å². The van der Waals surface area contributed by atoms with Crippen molar-refractivity contribution in [3.63, 3.8) is 0 Å². The highest BCUT2D eigenvalue weighted by atomic mass is 19.1. The number of hydrogen-bond acceptors (Lipinski definition) is 1. The number of halogens is 1. The van der Waals surface area contributed by atoms with Crippen molar-refractivity contribution >= 4 is 17.0 Å². The molecule has 2 heterocycles. The molecular weight excluding hydrogens is 223 g/mol. The SMILES string of the molecule is O=C(O)N1CCc2c([nH]c3ccc(F)cc23)C1. The van der Waals surface area contributed by atoms with E-state index in [1.165, 1.54) is 17.0 Å². The number of aromatic amines is 1. The Balaban J connectivity index is 2.10. The summed E-state index contributed by atoms with van der Waals surface area (Å²) in [6.07, 6.45) is -0.286. The second kappa shape index (κ2) is 3.48. The molecule has 0 saturated heterocycles. The molecule has 1 aromatic carbocycles.